The van der Waals surface area contributed by atoms with E-state index in [4.69, 9.17) is 15.6 Å². The second-order valence-electron chi connectivity index (χ2n) is 4.53. The highest BCUT2D eigenvalue weighted by atomic mass is 16.5. The maximum atomic E-state index is 11.3. The zero-order chi connectivity index (χ0) is 13.8. The highest BCUT2D eigenvalue weighted by Gasteiger charge is 2.18. The van der Waals surface area contributed by atoms with Crippen molar-refractivity contribution in [2.75, 3.05) is 29.6 Å². The second-order valence-corrected chi connectivity index (χ2v) is 4.53. The number of rotatable bonds is 5. The molecule has 0 saturated heterocycles. The summed E-state index contributed by atoms with van der Waals surface area (Å²) in [7, 11) is 0. The van der Waals surface area contributed by atoms with Crippen LogP contribution in [-0.4, -0.2) is 30.3 Å². The normalized spacial score (nSPS) is 15.2. The minimum absolute atomic E-state index is 0.0152. The van der Waals surface area contributed by atoms with E-state index in [0.29, 0.717) is 23.5 Å². The summed E-state index contributed by atoms with van der Waals surface area (Å²) < 4.78 is 5.29. The number of aliphatic hydroxyl groups excluding tert-OH is 1. The standard InChI is InChI=1S/C13H19N3O3/c1-2-8(3-4-17)15-10-6-11-12(5-9(10)14)19-7-13(18)16-11/h5-6,8,15,17H,2-4,7,14H2,1H3,(H,16,18). The van der Waals surface area contributed by atoms with Gasteiger partial charge in [-0.15, -0.1) is 0 Å². The lowest BCUT2D eigenvalue weighted by Crippen LogP contribution is -2.26. The zero-order valence-electron chi connectivity index (χ0n) is 10.9. The van der Waals surface area contributed by atoms with Crippen LogP contribution in [0.5, 0.6) is 5.75 Å². The van der Waals surface area contributed by atoms with Crippen LogP contribution in [-0.2, 0) is 4.79 Å². The number of carbonyl (C=O) groups is 1. The Kier molecular flexibility index (Phi) is 4.11. The highest BCUT2D eigenvalue weighted by Crippen LogP contribution is 2.35. The molecule has 0 saturated carbocycles. The van der Waals surface area contributed by atoms with Gasteiger partial charge < -0.3 is 26.2 Å². The number of hydrogen-bond acceptors (Lipinski definition) is 5. The molecule has 0 fully saturated rings. The van der Waals surface area contributed by atoms with Crippen LogP contribution in [0.1, 0.15) is 19.8 Å². The van der Waals surface area contributed by atoms with E-state index in [1.165, 1.54) is 0 Å². The third kappa shape index (κ3) is 3.08. The minimum atomic E-state index is -0.175. The molecule has 1 aromatic rings. The first-order chi connectivity index (χ1) is 9.13. The van der Waals surface area contributed by atoms with E-state index >= 15 is 0 Å². The minimum Gasteiger partial charge on any atom is -0.482 e. The molecular weight excluding hydrogens is 246 g/mol. The molecule has 5 N–H and O–H groups in total. The molecule has 1 aliphatic rings. The molecule has 0 bridgehead atoms. The van der Waals surface area contributed by atoms with Crippen LogP contribution in [0.4, 0.5) is 17.1 Å². The number of nitrogens with two attached hydrogens (primary N) is 1. The van der Waals surface area contributed by atoms with Gasteiger partial charge in [0.25, 0.3) is 5.91 Å². The summed E-state index contributed by atoms with van der Waals surface area (Å²) in [6.45, 7) is 2.17. The Morgan fingerprint density at radius 1 is 1.58 bits per heavy atom. The molecule has 1 amide bonds. The molecule has 6 heteroatoms. The number of nitrogen functional groups attached to an aromatic ring is 1. The van der Waals surface area contributed by atoms with E-state index in [1.54, 1.807) is 12.1 Å². The number of carbonyl (C=O) groups excluding carboxylic acids is 1. The van der Waals surface area contributed by atoms with E-state index in [9.17, 15) is 4.79 Å². The van der Waals surface area contributed by atoms with Gasteiger partial charge in [-0.1, -0.05) is 6.92 Å². The van der Waals surface area contributed by atoms with Gasteiger partial charge in [0.15, 0.2) is 6.61 Å². The summed E-state index contributed by atoms with van der Waals surface area (Å²) in [6.07, 6.45) is 1.52. The molecule has 104 valence electrons. The number of nitrogens with one attached hydrogen (secondary N) is 2. The van der Waals surface area contributed by atoms with E-state index in [0.717, 1.165) is 12.1 Å². The number of benzene rings is 1. The van der Waals surface area contributed by atoms with Crippen molar-refractivity contribution in [2.24, 2.45) is 0 Å². The van der Waals surface area contributed by atoms with Crippen LogP contribution in [0.3, 0.4) is 0 Å². The van der Waals surface area contributed by atoms with Crippen molar-refractivity contribution in [2.45, 2.75) is 25.8 Å². The van der Waals surface area contributed by atoms with E-state index in [1.807, 2.05) is 6.92 Å². The van der Waals surface area contributed by atoms with Crippen LogP contribution < -0.4 is 21.1 Å². The van der Waals surface area contributed by atoms with Crippen molar-refractivity contribution in [3.05, 3.63) is 12.1 Å². The molecule has 1 unspecified atom stereocenters. The van der Waals surface area contributed by atoms with Gasteiger partial charge in [0.05, 0.1) is 17.1 Å². The molecular formula is C13H19N3O3. The maximum Gasteiger partial charge on any atom is 0.262 e. The Labute approximate surface area is 111 Å². The lowest BCUT2D eigenvalue weighted by atomic mass is 10.1. The fourth-order valence-electron chi connectivity index (χ4n) is 2.02. The van der Waals surface area contributed by atoms with Crippen LogP contribution in [0.2, 0.25) is 0 Å². The molecule has 1 aromatic carbocycles. The predicted octanol–water partition coefficient (Wildman–Crippen LogP) is 1.17. The van der Waals surface area contributed by atoms with Gasteiger partial charge >= 0.3 is 0 Å². The number of hydrogen-bond donors (Lipinski definition) is 4. The number of aliphatic hydroxyl groups is 1. The molecule has 0 aromatic heterocycles. The number of anilines is 3. The van der Waals surface area contributed by atoms with Crippen LogP contribution in [0, 0.1) is 0 Å². The lowest BCUT2D eigenvalue weighted by Gasteiger charge is -2.23. The largest absolute Gasteiger partial charge is 0.482 e. The average Bonchev–Trinajstić information content (AvgIpc) is 2.39. The van der Waals surface area contributed by atoms with E-state index < -0.39 is 0 Å². The molecule has 1 aliphatic heterocycles. The van der Waals surface area contributed by atoms with Gasteiger partial charge in [-0.25, -0.2) is 0 Å². The predicted molar refractivity (Wildman–Crippen MR) is 74.4 cm³/mol. The Hall–Kier alpha value is -1.95. The van der Waals surface area contributed by atoms with Gasteiger partial charge in [0, 0.05) is 18.7 Å². The number of fused-ring (bicyclic) bond motifs is 1. The van der Waals surface area contributed by atoms with Gasteiger partial charge in [0.2, 0.25) is 0 Å². The first-order valence-electron chi connectivity index (χ1n) is 6.37. The molecule has 6 nitrogen and oxygen atoms in total. The molecule has 1 heterocycles. The summed E-state index contributed by atoms with van der Waals surface area (Å²) in [5.74, 6) is 0.406. The molecule has 19 heavy (non-hydrogen) atoms. The first-order valence-corrected chi connectivity index (χ1v) is 6.37. The summed E-state index contributed by atoms with van der Waals surface area (Å²) in [5.41, 5.74) is 7.88. The summed E-state index contributed by atoms with van der Waals surface area (Å²) in [5, 5.41) is 15.0. The van der Waals surface area contributed by atoms with Gasteiger partial charge in [-0.2, -0.15) is 0 Å². The smallest absolute Gasteiger partial charge is 0.262 e. The van der Waals surface area contributed by atoms with E-state index in [-0.39, 0.29) is 25.2 Å². The van der Waals surface area contributed by atoms with E-state index in [2.05, 4.69) is 10.6 Å². The topological polar surface area (TPSA) is 96.6 Å². The Balaban J connectivity index is 2.21. The number of ether oxygens (including phenoxy) is 1. The Bertz CT molecular complexity index is 476. The van der Waals surface area contributed by atoms with Crippen molar-refractivity contribution in [1.82, 2.24) is 0 Å². The zero-order valence-corrected chi connectivity index (χ0v) is 10.9. The van der Waals surface area contributed by atoms with Gasteiger partial charge in [-0.05, 0) is 18.9 Å². The van der Waals surface area contributed by atoms with Gasteiger partial charge in [-0.3, -0.25) is 4.79 Å². The van der Waals surface area contributed by atoms with Crippen LogP contribution >= 0.6 is 0 Å². The lowest BCUT2D eigenvalue weighted by molar-refractivity contribution is -0.118. The fourth-order valence-corrected chi connectivity index (χ4v) is 2.02. The number of amides is 1. The highest BCUT2D eigenvalue weighted by molar-refractivity contribution is 5.97. The molecule has 1 atom stereocenters. The third-order valence-electron chi connectivity index (χ3n) is 3.11. The SMILES string of the molecule is CCC(CCO)Nc1cc2c(cc1N)OCC(=O)N2. The molecule has 0 aliphatic carbocycles. The van der Waals surface area contributed by atoms with Crippen molar-refractivity contribution < 1.29 is 14.6 Å². The Morgan fingerprint density at radius 2 is 2.37 bits per heavy atom. The summed E-state index contributed by atoms with van der Waals surface area (Å²) in [6, 6.07) is 3.61. The van der Waals surface area contributed by atoms with Gasteiger partial charge in [0.1, 0.15) is 5.75 Å². The quantitative estimate of drug-likeness (QED) is 0.599. The second kappa shape index (κ2) is 5.79. The van der Waals surface area contributed by atoms with Crippen LogP contribution in [0.25, 0.3) is 0 Å². The van der Waals surface area contributed by atoms with Crippen molar-refractivity contribution in [1.29, 1.82) is 0 Å². The maximum absolute atomic E-state index is 11.3. The first kappa shape index (κ1) is 13.5. The van der Waals surface area contributed by atoms with Crippen molar-refractivity contribution in [3.8, 4) is 5.75 Å². The average molecular weight is 265 g/mol. The van der Waals surface area contributed by atoms with Crippen molar-refractivity contribution in [3.63, 3.8) is 0 Å². The summed E-state index contributed by atoms with van der Waals surface area (Å²) >= 11 is 0. The fraction of sp³-hybridized carbons (Fsp3) is 0.462. The Morgan fingerprint density at radius 3 is 3.05 bits per heavy atom. The monoisotopic (exact) mass is 265 g/mol. The molecule has 0 radical (unpaired) electrons. The van der Waals surface area contributed by atoms with Crippen LogP contribution in [0.15, 0.2) is 12.1 Å². The third-order valence-corrected chi connectivity index (χ3v) is 3.11. The molecule has 2 rings (SSSR count). The van der Waals surface area contributed by atoms with Crippen molar-refractivity contribution >= 4 is 23.0 Å². The summed E-state index contributed by atoms with van der Waals surface area (Å²) in [4.78, 5) is 11.3. The molecule has 0 spiro atoms.